The lowest BCUT2D eigenvalue weighted by atomic mass is 10.1. The topological polar surface area (TPSA) is 37.3 Å². The summed E-state index contributed by atoms with van der Waals surface area (Å²) in [5.41, 5.74) is 0. The van der Waals surface area contributed by atoms with Crippen LogP contribution in [0.3, 0.4) is 0 Å². The molecule has 0 heterocycles. The van der Waals surface area contributed by atoms with Crippen molar-refractivity contribution in [2.24, 2.45) is 0 Å². The first-order chi connectivity index (χ1) is 9.20. The molecule has 0 fully saturated rings. The van der Waals surface area contributed by atoms with Crippen LogP contribution in [0.4, 0.5) is 0 Å². The minimum absolute atomic E-state index is 0.0915. The molecule has 2 heteroatoms. The maximum atomic E-state index is 11.0. The molecule has 110 valence electrons. The number of Topliss-reactive ketones (excluding diaryl/α,β-unsaturated/α-hetero) is 1. The van der Waals surface area contributed by atoms with Gasteiger partial charge in [-0.1, -0.05) is 71.1 Å². The van der Waals surface area contributed by atoms with Gasteiger partial charge in [-0.3, -0.25) is 4.79 Å². The van der Waals surface area contributed by atoms with Gasteiger partial charge in [0, 0.05) is 6.42 Å². The van der Waals surface area contributed by atoms with Gasteiger partial charge in [-0.05, 0) is 18.8 Å². The molecule has 0 aliphatic carbocycles. The Balaban J connectivity index is 3.33. The SMILES string of the molecule is CCCCCCCCCCCC(O)C#CC(=O)CC. The molecule has 0 saturated carbocycles. The summed E-state index contributed by atoms with van der Waals surface area (Å²) in [7, 11) is 0. The smallest absolute Gasteiger partial charge is 0.205 e. The van der Waals surface area contributed by atoms with E-state index >= 15 is 0 Å². The van der Waals surface area contributed by atoms with E-state index in [2.05, 4.69) is 18.8 Å². The standard InChI is InChI=1S/C17H30O2/c1-3-5-6-7-8-9-10-11-12-13-17(19)15-14-16(18)4-2/h17,19H,3-13H2,1-2H3. The molecule has 0 saturated heterocycles. The van der Waals surface area contributed by atoms with Crippen molar-refractivity contribution in [1.29, 1.82) is 0 Å². The summed E-state index contributed by atoms with van der Waals surface area (Å²) < 4.78 is 0. The highest BCUT2D eigenvalue weighted by atomic mass is 16.3. The molecule has 19 heavy (non-hydrogen) atoms. The van der Waals surface area contributed by atoms with E-state index in [0.717, 1.165) is 12.8 Å². The van der Waals surface area contributed by atoms with Crippen molar-refractivity contribution in [2.45, 2.75) is 90.6 Å². The minimum atomic E-state index is -0.625. The van der Waals surface area contributed by atoms with Crippen molar-refractivity contribution >= 4 is 5.78 Å². The molecule has 0 spiro atoms. The first-order valence-electron chi connectivity index (χ1n) is 7.93. The van der Waals surface area contributed by atoms with Gasteiger partial charge in [0.05, 0.1) is 0 Å². The Bertz CT molecular complexity index is 273. The van der Waals surface area contributed by atoms with Crippen molar-refractivity contribution in [3.05, 3.63) is 0 Å². The monoisotopic (exact) mass is 266 g/mol. The Hall–Kier alpha value is -0.810. The zero-order valence-electron chi connectivity index (χ0n) is 12.7. The van der Waals surface area contributed by atoms with E-state index in [4.69, 9.17) is 0 Å². The maximum absolute atomic E-state index is 11.0. The number of aliphatic hydroxyl groups excluding tert-OH is 1. The summed E-state index contributed by atoms with van der Waals surface area (Å²) in [5, 5.41) is 9.57. The van der Waals surface area contributed by atoms with E-state index in [-0.39, 0.29) is 5.78 Å². The average molecular weight is 266 g/mol. The van der Waals surface area contributed by atoms with E-state index in [1.165, 1.54) is 44.9 Å². The third-order valence-corrected chi connectivity index (χ3v) is 3.28. The highest BCUT2D eigenvalue weighted by Crippen LogP contribution is 2.11. The fourth-order valence-corrected chi connectivity index (χ4v) is 1.97. The van der Waals surface area contributed by atoms with Crippen LogP contribution in [0.5, 0.6) is 0 Å². The number of hydrogen-bond acceptors (Lipinski definition) is 2. The van der Waals surface area contributed by atoms with E-state index in [9.17, 15) is 9.90 Å². The molecular formula is C17H30O2. The second-order valence-electron chi connectivity index (χ2n) is 5.18. The molecular weight excluding hydrogens is 236 g/mol. The molecule has 1 unspecified atom stereocenters. The molecule has 0 aromatic rings. The molecule has 1 N–H and O–H groups in total. The van der Waals surface area contributed by atoms with Gasteiger partial charge in [-0.25, -0.2) is 0 Å². The largest absolute Gasteiger partial charge is 0.380 e. The zero-order chi connectivity index (χ0) is 14.3. The Kier molecular flexibility index (Phi) is 13.0. The third-order valence-electron chi connectivity index (χ3n) is 3.28. The average Bonchev–Trinajstić information content (AvgIpc) is 2.42. The normalized spacial score (nSPS) is 11.7. The number of unbranched alkanes of at least 4 members (excludes halogenated alkanes) is 8. The van der Waals surface area contributed by atoms with E-state index < -0.39 is 6.10 Å². The lowest BCUT2D eigenvalue weighted by Gasteiger charge is -2.03. The van der Waals surface area contributed by atoms with Crippen LogP contribution in [-0.2, 0) is 4.79 Å². The van der Waals surface area contributed by atoms with E-state index in [1.807, 2.05) is 0 Å². The van der Waals surface area contributed by atoms with Gasteiger partial charge in [0.1, 0.15) is 6.10 Å². The predicted molar refractivity (Wildman–Crippen MR) is 80.9 cm³/mol. The van der Waals surface area contributed by atoms with Gasteiger partial charge in [0.15, 0.2) is 0 Å². The number of carbonyl (C=O) groups excluding carboxylic acids is 1. The molecule has 2 nitrogen and oxygen atoms in total. The number of rotatable bonds is 11. The molecule has 0 amide bonds. The number of aliphatic hydroxyl groups is 1. The molecule has 0 radical (unpaired) electrons. The highest BCUT2D eigenvalue weighted by Gasteiger charge is 1.99. The quantitative estimate of drug-likeness (QED) is 0.345. The first kappa shape index (κ1) is 18.2. The van der Waals surface area contributed by atoms with Crippen LogP contribution in [0.2, 0.25) is 0 Å². The molecule has 0 aliphatic rings. The van der Waals surface area contributed by atoms with Crippen LogP contribution >= 0.6 is 0 Å². The first-order valence-corrected chi connectivity index (χ1v) is 7.93. The number of carbonyl (C=O) groups is 1. The Morgan fingerprint density at radius 1 is 0.947 bits per heavy atom. The van der Waals surface area contributed by atoms with Crippen LogP contribution in [0.25, 0.3) is 0 Å². The van der Waals surface area contributed by atoms with Crippen LogP contribution in [0.1, 0.15) is 84.5 Å². The van der Waals surface area contributed by atoms with Gasteiger partial charge in [0.2, 0.25) is 5.78 Å². The fraction of sp³-hybridized carbons (Fsp3) is 0.824. The summed E-state index contributed by atoms with van der Waals surface area (Å²) in [5.74, 6) is 5.00. The molecule has 0 aromatic heterocycles. The summed E-state index contributed by atoms with van der Waals surface area (Å²) in [4.78, 5) is 11.0. The van der Waals surface area contributed by atoms with Crippen molar-refractivity contribution in [3.63, 3.8) is 0 Å². The van der Waals surface area contributed by atoms with Gasteiger partial charge < -0.3 is 5.11 Å². The van der Waals surface area contributed by atoms with Crippen LogP contribution in [0, 0.1) is 11.8 Å². The van der Waals surface area contributed by atoms with Crippen LogP contribution < -0.4 is 0 Å². The second-order valence-corrected chi connectivity index (χ2v) is 5.18. The van der Waals surface area contributed by atoms with Crippen molar-refractivity contribution in [2.75, 3.05) is 0 Å². The summed E-state index contributed by atoms with van der Waals surface area (Å²) in [6.07, 6.45) is 12.0. The molecule has 0 aromatic carbocycles. The minimum Gasteiger partial charge on any atom is -0.380 e. The fourth-order valence-electron chi connectivity index (χ4n) is 1.97. The Morgan fingerprint density at radius 2 is 1.47 bits per heavy atom. The highest BCUT2D eigenvalue weighted by molar-refractivity contribution is 5.95. The Morgan fingerprint density at radius 3 is 2.00 bits per heavy atom. The van der Waals surface area contributed by atoms with E-state index in [0.29, 0.717) is 12.8 Å². The van der Waals surface area contributed by atoms with Gasteiger partial charge in [0.25, 0.3) is 0 Å². The van der Waals surface area contributed by atoms with Crippen LogP contribution in [0.15, 0.2) is 0 Å². The summed E-state index contributed by atoms with van der Waals surface area (Å²) in [6.45, 7) is 4.02. The third kappa shape index (κ3) is 13.4. The Labute approximate surface area is 119 Å². The number of hydrogen-bond donors (Lipinski definition) is 1. The molecule has 0 aliphatic heterocycles. The lowest BCUT2D eigenvalue weighted by molar-refractivity contribution is -0.113. The van der Waals surface area contributed by atoms with Crippen molar-refractivity contribution in [1.82, 2.24) is 0 Å². The lowest BCUT2D eigenvalue weighted by Crippen LogP contribution is -2.03. The van der Waals surface area contributed by atoms with E-state index in [1.54, 1.807) is 6.92 Å². The van der Waals surface area contributed by atoms with Crippen molar-refractivity contribution < 1.29 is 9.90 Å². The van der Waals surface area contributed by atoms with Gasteiger partial charge in [-0.2, -0.15) is 0 Å². The molecule has 1 atom stereocenters. The predicted octanol–water partition coefficient (Wildman–Crippen LogP) is 4.25. The van der Waals surface area contributed by atoms with Crippen molar-refractivity contribution in [3.8, 4) is 11.8 Å². The zero-order valence-corrected chi connectivity index (χ0v) is 12.7. The second kappa shape index (κ2) is 13.6. The van der Waals surface area contributed by atoms with Crippen LogP contribution in [-0.4, -0.2) is 17.0 Å². The summed E-state index contributed by atoms with van der Waals surface area (Å²) >= 11 is 0. The molecule has 0 bridgehead atoms. The van der Waals surface area contributed by atoms with Gasteiger partial charge >= 0.3 is 0 Å². The number of ketones is 1. The maximum Gasteiger partial charge on any atom is 0.205 e. The summed E-state index contributed by atoms with van der Waals surface area (Å²) in [6, 6.07) is 0. The van der Waals surface area contributed by atoms with Gasteiger partial charge in [-0.15, -0.1) is 0 Å². The molecule has 0 rings (SSSR count).